The Bertz CT molecular complexity index is 309. The van der Waals surface area contributed by atoms with Gasteiger partial charge in [-0.25, -0.2) is 0 Å². The maximum atomic E-state index is 10.3. The summed E-state index contributed by atoms with van der Waals surface area (Å²) >= 11 is 3.18. The smallest absolute Gasteiger partial charge is 0.307 e. The number of carboxylic acid groups (broad SMARTS) is 1. The quantitative estimate of drug-likeness (QED) is 0.815. The Labute approximate surface area is 77.8 Å². The van der Waals surface area contributed by atoms with Crippen LogP contribution in [0.5, 0.6) is 5.75 Å². The van der Waals surface area contributed by atoms with Gasteiger partial charge in [-0.15, -0.1) is 0 Å². The second kappa shape index (κ2) is 3.58. The number of hydrogen-bond donors (Lipinski definition) is 2. The number of rotatable bonds is 2. The second-order valence-electron chi connectivity index (χ2n) is 2.34. The van der Waals surface area contributed by atoms with E-state index in [4.69, 9.17) is 5.11 Å². The van der Waals surface area contributed by atoms with Crippen LogP contribution in [0.15, 0.2) is 22.7 Å². The Morgan fingerprint density at radius 1 is 1.50 bits per heavy atom. The van der Waals surface area contributed by atoms with Crippen molar-refractivity contribution in [1.82, 2.24) is 0 Å². The molecular formula is C8H7BrO3. The second-order valence-corrected chi connectivity index (χ2v) is 3.26. The van der Waals surface area contributed by atoms with E-state index >= 15 is 0 Å². The molecule has 1 aromatic carbocycles. The normalized spacial score (nSPS) is 9.75. The lowest BCUT2D eigenvalue weighted by Gasteiger charge is -2.00. The lowest BCUT2D eigenvalue weighted by Crippen LogP contribution is -1.99. The van der Waals surface area contributed by atoms with Crippen molar-refractivity contribution in [2.24, 2.45) is 0 Å². The summed E-state index contributed by atoms with van der Waals surface area (Å²) in [6.45, 7) is 0. The van der Waals surface area contributed by atoms with Gasteiger partial charge in [0.1, 0.15) is 5.75 Å². The topological polar surface area (TPSA) is 57.5 Å². The first-order valence-corrected chi connectivity index (χ1v) is 4.08. The predicted octanol–water partition coefficient (Wildman–Crippen LogP) is 1.78. The van der Waals surface area contributed by atoms with E-state index in [1.165, 1.54) is 6.07 Å². The third-order valence-electron chi connectivity index (χ3n) is 1.38. The molecular weight excluding hydrogens is 224 g/mol. The fourth-order valence-electron chi connectivity index (χ4n) is 0.859. The molecule has 12 heavy (non-hydrogen) atoms. The third kappa shape index (κ3) is 2.23. The molecule has 0 saturated carbocycles. The van der Waals surface area contributed by atoms with Gasteiger partial charge < -0.3 is 10.2 Å². The van der Waals surface area contributed by atoms with Crippen LogP contribution in [0.2, 0.25) is 0 Å². The summed E-state index contributed by atoms with van der Waals surface area (Å²) in [4.78, 5) is 10.3. The molecule has 0 aliphatic carbocycles. The number of carbonyl (C=O) groups is 1. The van der Waals surface area contributed by atoms with Gasteiger partial charge in [-0.2, -0.15) is 0 Å². The summed E-state index contributed by atoms with van der Waals surface area (Å²) in [5.41, 5.74) is 0.414. The van der Waals surface area contributed by atoms with Crippen LogP contribution in [0.1, 0.15) is 5.56 Å². The van der Waals surface area contributed by atoms with Crippen LogP contribution in [0.3, 0.4) is 0 Å². The fourth-order valence-corrected chi connectivity index (χ4v) is 1.27. The molecule has 0 fully saturated rings. The van der Waals surface area contributed by atoms with E-state index in [0.717, 1.165) is 4.47 Å². The first-order chi connectivity index (χ1) is 5.59. The zero-order valence-corrected chi connectivity index (χ0v) is 7.71. The number of phenolic OH excluding ortho intramolecular Hbond substituents is 1. The lowest BCUT2D eigenvalue weighted by atomic mass is 10.1. The molecule has 0 atom stereocenters. The maximum Gasteiger partial charge on any atom is 0.307 e. The molecule has 0 heterocycles. The first kappa shape index (κ1) is 9.06. The zero-order valence-electron chi connectivity index (χ0n) is 6.12. The van der Waals surface area contributed by atoms with Gasteiger partial charge in [0.25, 0.3) is 0 Å². The van der Waals surface area contributed by atoms with Crippen LogP contribution in [0.4, 0.5) is 0 Å². The Morgan fingerprint density at radius 2 is 2.17 bits per heavy atom. The van der Waals surface area contributed by atoms with Crippen LogP contribution in [0, 0.1) is 0 Å². The average Bonchev–Trinajstić information content (AvgIpc) is 1.96. The summed E-state index contributed by atoms with van der Waals surface area (Å²) in [5, 5.41) is 17.7. The van der Waals surface area contributed by atoms with Crippen LogP contribution >= 0.6 is 15.9 Å². The van der Waals surface area contributed by atoms with Crippen molar-refractivity contribution in [3.05, 3.63) is 28.2 Å². The highest BCUT2D eigenvalue weighted by molar-refractivity contribution is 9.10. The molecule has 1 rings (SSSR count). The van der Waals surface area contributed by atoms with Gasteiger partial charge in [-0.3, -0.25) is 4.79 Å². The van der Waals surface area contributed by atoms with E-state index in [1.54, 1.807) is 12.1 Å². The molecule has 0 saturated heterocycles. The minimum absolute atomic E-state index is 0.0144. The van der Waals surface area contributed by atoms with Gasteiger partial charge in [0.2, 0.25) is 0 Å². The number of hydrogen-bond acceptors (Lipinski definition) is 2. The Kier molecular flexibility index (Phi) is 2.70. The van der Waals surface area contributed by atoms with Gasteiger partial charge in [0.15, 0.2) is 0 Å². The van der Waals surface area contributed by atoms with Crippen LogP contribution in [-0.4, -0.2) is 16.2 Å². The number of aromatic hydroxyl groups is 1. The molecule has 0 spiro atoms. The number of carboxylic acids is 1. The molecule has 64 valence electrons. The number of aliphatic carboxylic acids is 1. The first-order valence-electron chi connectivity index (χ1n) is 3.29. The van der Waals surface area contributed by atoms with Crippen molar-refractivity contribution < 1.29 is 15.0 Å². The number of phenols is 1. The minimum Gasteiger partial charge on any atom is -0.508 e. The summed E-state index contributed by atoms with van der Waals surface area (Å²) in [6, 6.07) is 4.70. The molecule has 3 nitrogen and oxygen atoms in total. The van der Waals surface area contributed by atoms with Crippen LogP contribution < -0.4 is 0 Å². The van der Waals surface area contributed by atoms with Crippen molar-refractivity contribution in [2.75, 3.05) is 0 Å². The van der Waals surface area contributed by atoms with Crippen molar-refractivity contribution in [1.29, 1.82) is 0 Å². The molecule has 0 radical (unpaired) electrons. The minimum atomic E-state index is -0.955. The highest BCUT2D eigenvalue weighted by atomic mass is 79.9. The number of halogens is 1. The van der Waals surface area contributed by atoms with Crippen molar-refractivity contribution >= 4 is 21.9 Å². The molecule has 0 aromatic heterocycles. The van der Waals surface area contributed by atoms with Gasteiger partial charge in [0.05, 0.1) is 6.42 Å². The predicted molar refractivity (Wildman–Crippen MR) is 47.1 cm³/mol. The van der Waals surface area contributed by atoms with Crippen LogP contribution in [0.25, 0.3) is 0 Å². The van der Waals surface area contributed by atoms with Gasteiger partial charge in [0, 0.05) is 10.0 Å². The molecule has 4 heteroatoms. The molecule has 0 bridgehead atoms. The van der Waals surface area contributed by atoms with Crippen molar-refractivity contribution in [3.63, 3.8) is 0 Å². The highest BCUT2D eigenvalue weighted by Crippen LogP contribution is 2.21. The summed E-state index contributed by atoms with van der Waals surface area (Å²) in [7, 11) is 0. The van der Waals surface area contributed by atoms with E-state index in [2.05, 4.69) is 15.9 Å². The van der Waals surface area contributed by atoms with E-state index in [9.17, 15) is 9.90 Å². The van der Waals surface area contributed by atoms with E-state index in [-0.39, 0.29) is 12.2 Å². The molecule has 2 N–H and O–H groups in total. The third-order valence-corrected chi connectivity index (χ3v) is 1.88. The SMILES string of the molecule is O=C(O)Cc1cc(Br)ccc1O. The summed E-state index contributed by atoms with van der Waals surface area (Å²) in [6.07, 6.45) is -0.161. The molecule has 0 aliphatic heterocycles. The van der Waals surface area contributed by atoms with Crippen LogP contribution in [-0.2, 0) is 11.2 Å². The fraction of sp³-hybridized carbons (Fsp3) is 0.125. The van der Waals surface area contributed by atoms with Crippen molar-refractivity contribution in [3.8, 4) is 5.75 Å². The molecule has 0 aliphatic rings. The largest absolute Gasteiger partial charge is 0.508 e. The van der Waals surface area contributed by atoms with Crippen molar-refractivity contribution in [2.45, 2.75) is 6.42 Å². The standard InChI is InChI=1S/C8H7BrO3/c9-6-1-2-7(10)5(3-6)4-8(11)12/h1-3,10H,4H2,(H,11,12). The van der Waals surface area contributed by atoms with E-state index in [1.807, 2.05) is 0 Å². The van der Waals surface area contributed by atoms with E-state index in [0.29, 0.717) is 5.56 Å². The summed E-state index contributed by atoms with van der Waals surface area (Å²) < 4.78 is 0.761. The Morgan fingerprint density at radius 3 is 2.75 bits per heavy atom. The molecule has 0 amide bonds. The molecule has 1 aromatic rings. The highest BCUT2D eigenvalue weighted by Gasteiger charge is 2.05. The Balaban J connectivity index is 2.97. The van der Waals surface area contributed by atoms with E-state index < -0.39 is 5.97 Å². The van der Waals surface area contributed by atoms with Gasteiger partial charge in [-0.1, -0.05) is 15.9 Å². The average molecular weight is 231 g/mol. The molecule has 0 unspecified atom stereocenters. The van der Waals surface area contributed by atoms with Gasteiger partial charge in [-0.05, 0) is 18.2 Å². The summed E-state index contributed by atoms with van der Waals surface area (Å²) in [5.74, 6) is -0.941. The Hall–Kier alpha value is -1.03. The maximum absolute atomic E-state index is 10.3. The lowest BCUT2D eigenvalue weighted by molar-refractivity contribution is -0.136. The zero-order chi connectivity index (χ0) is 9.14. The monoisotopic (exact) mass is 230 g/mol. The van der Waals surface area contributed by atoms with Gasteiger partial charge >= 0.3 is 5.97 Å². The number of benzene rings is 1.